The molecule has 0 aromatic rings. The summed E-state index contributed by atoms with van der Waals surface area (Å²) in [5.74, 6) is 0. The minimum atomic E-state index is -0.114. The Morgan fingerprint density at radius 2 is 1.88 bits per heavy atom. The van der Waals surface area contributed by atoms with Gasteiger partial charge in [0.05, 0.1) is 6.10 Å². The van der Waals surface area contributed by atoms with Crippen LogP contribution < -0.4 is 5.32 Å². The van der Waals surface area contributed by atoms with Crippen LogP contribution in [0.5, 0.6) is 0 Å². The van der Waals surface area contributed by atoms with Crippen molar-refractivity contribution >= 4 is 11.8 Å². The summed E-state index contributed by atoms with van der Waals surface area (Å²) in [6.07, 6.45) is 9.98. The molecule has 17 heavy (non-hydrogen) atoms. The lowest BCUT2D eigenvalue weighted by atomic mass is 9.64. The van der Waals surface area contributed by atoms with Crippen LogP contribution in [0, 0.1) is 5.41 Å². The molecule has 0 saturated heterocycles. The molecule has 2 fully saturated rings. The smallest absolute Gasteiger partial charge is 0.0621 e. The summed E-state index contributed by atoms with van der Waals surface area (Å²) in [7, 11) is 0. The van der Waals surface area contributed by atoms with Gasteiger partial charge in [0.25, 0.3) is 0 Å². The monoisotopic (exact) mass is 257 g/mol. The first kappa shape index (κ1) is 13.7. The Morgan fingerprint density at radius 3 is 2.35 bits per heavy atom. The zero-order valence-electron chi connectivity index (χ0n) is 11.5. The van der Waals surface area contributed by atoms with Crippen LogP contribution in [0.1, 0.15) is 52.4 Å². The van der Waals surface area contributed by atoms with E-state index < -0.39 is 0 Å². The molecule has 2 nitrogen and oxygen atoms in total. The Bertz CT molecular complexity index is 261. The molecule has 0 bridgehead atoms. The highest BCUT2D eigenvalue weighted by molar-refractivity contribution is 8.00. The minimum absolute atomic E-state index is 0.0638. The minimum Gasteiger partial charge on any atom is -0.392 e. The van der Waals surface area contributed by atoms with Gasteiger partial charge in [0.15, 0.2) is 0 Å². The summed E-state index contributed by atoms with van der Waals surface area (Å²) in [4.78, 5) is 0. The van der Waals surface area contributed by atoms with Crippen molar-refractivity contribution in [2.45, 2.75) is 69.3 Å². The van der Waals surface area contributed by atoms with Gasteiger partial charge in [-0.05, 0) is 25.5 Å². The van der Waals surface area contributed by atoms with Crippen molar-refractivity contribution in [3.63, 3.8) is 0 Å². The fourth-order valence-electron chi connectivity index (χ4n) is 3.21. The first-order valence-corrected chi connectivity index (χ1v) is 8.19. The molecule has 2 unspecified atom stereocenters. The van der Waals surface area contributed by atoms with Crippen LogP contribution in [0.3, 0.4) is 0 Å². The van der Waals surface area contributed by atoms with Gasteiger partial charge in [-0.1, -0.05) is 33.1 Å². The Balaban J connectivity index is 1.84. The van der Waals surface area contributed by atoms with E-state index in [0.29, 0.717) is 10.8 Å². The van der Waals surface area contributed by atoms with Crippen LogP contribution in [0.25, 0.3) is 0 Å². The highest BCUT2D eigenvalue weighted by atomic mass is 32.2. The third-order valence-electron chi connectivity index (χ3n) is 5.08. The van der Waals surface area contributed by atoms with Gasteiger partial charge in [-0.25, -0.2) is 0 Å². The second-order valence-corrected chi connectivity index (χ2v) is 7.73. The van der Waals surface area contributed by atoms with Gasteiger partial charge in [-0.15, -0.1) is 0 Å². The molecule has 3 heteroatoms. The van der Waals surface area contributed by atoms with Crippen LogP contribution in [0.15, 0.2) is 0 Å². The van der Waals surface area contributed by atoms with Gasteiger partial charge in [-0.2, -0.15) is 11.8 Å². The van der Waals surface area contributed by atoms with Crippen molar-refractivity contribution in [3.8, 4) is 0 Å². The molecule has 0 aromatic heterocycles. The number of hydrogen-bond acceptors (Lipinski definition) is 3. The summed E-state index contributed by atoms with van der Waals surface area (Å²) in [6, 6.07) is 0.503. The molecule has 0 aliphatic heterocycles. The van der Waals surface area contributed by atoms with E-state index >= 15 is 0 Å². The first-order chi connectivity index (χ1) is 8.00. The third kappa shape index (κ3) is 2.66. The predicted octanol–water partition coefficient (Wildman–Crippen LogP) is 2.80. The number of aliphatic hydroxyl groups excluding tert-OH is 1. The van der Waals surface area contributed by atoms with Crippen molar-refractivity contribution in [1.29, 1.82) is 0 Å². The topological polar surface area (TPSA) is 32.3 Å². The summed E-state index contributed by atoms with van der Waals surface area (Å²) in [6.45, 7) is 5.46. The Labute approximate surface area is 110 Å². The third-order valence-corrected chi connectivity index (χ3v) is 6.50. The Hall–Kier alpha value is 0.270. The summed E-state index contributed by atoms with van der Waals surface area (Å²) >= 11 is 2.05. The van der Waals surface area contributed by atoms with Crippen LogP contribution in [-0.4, -0.2) is 34.8 Å². The fourth-order valence-corrected chi connectivity index (χ4v) is 4.13. The van der Waals surface area contributed by atoms with E-state index in [1.54, 1.807) is 0 Å². The first-order valence-electron chi connectivity index (χ1n) is 6.97. The van der Waals surface area contributed by atoms with E-state index in [4.69, 9.17) is 0 Å². The standard InChI is InChI=1S/C14H27NOS/c1-13(2)11(9-12(13)16)15-10-14(17-3)7-5-4-6-8-14/h11-12,15-16H,4-10H2,1-3H3. The normalized spacial score (nSPS) is 35.3. The molecule has 2 aliphatic rings. The zero-order chi connectivity index (χ0) is 12.5. The maximum Gasteiger partial charge on any atom is 0.0621 e. The van der Waals surface area contributed by atoms with E-state index in [9.17, 15) is 5.11 Å². The van der Waals surface area contributed by atoms with Gasteiger partial charge in [0.2, 0.25) is 0 Å². The quantitative estimate of drug-likeness (QED) is 0.812. The molecule has 2 rings (SSSR count). The second-order valence-electron chi connectivity index (χ2n) is 6.45. The average Bonchev–Trinajstić information content (AvgIpc) is 2.35. The molecule has 2 atom stereocenters. The fraction of sp³-hybridized carbons (Fsp3) is 1.00. The molecule has 0 aromatic carbocycles. The molecular weight excluding hydrogens is 230 g/mol. The molecule has 0 amide bonds. The van der Waals surface area contributed by atoms with Gasteiger partial charge in [0, 0.05) is 22.7 Å². The van der Waals surface area contributed by atoms with Gasteiger partial charge >= 0.3 is 0 Å². The zero-order valence-corrected chi connectivity index (χ0v) is 12.3. The van der Waals surface area contributed by atoms with Gasteiger partial charge in [-0.3, -0.25) is 0 Å². The highest BCUT2D eigenvalue weighted by Gasteiger charge is 2.47. The van der Waals surface area contributed by atoms with E-state index in [1.165, 1.54) is 32.1 Å². The van der Waals surface area contributed by atoms with E-state index in [0.717, 1.165) is 13.0 Å². The Morgan fingerprint density at radius 1 is 1.24 bits per heavy atom. The Kier molecular flexibility index (Phi) is 4.11. The van der Waals surface area contributed by atoms with Crippen molar-refractivity contribution in [2.75, 3.05) is 12.8 Å². The molecule has 0 spiro atoms. The summed E-state index contributed by atoms with van der Waals surface area (Å²) in [5, 5.41) is 13.5. The number of aliphatic hydroxyl groups is 1. The lowest BCUT2D eigenvalue weighted by molar-refractivity contribution is -0.0730. The molecule has 100 valence electrons. The second kappa shape index (κ2) is 5.10. The molecule has 0 radical (unpaired) electrons. The number of nitrogens with one attached hydrogen (secondary N) is 1. The van der Waals surface area contributed by atoms with Crippen molar-refractivity contribution < 1.29 is 5.11 Å². The SMILES string of the molecule is CSC1(CNC2CC(O)C2(C)C)CCCCC1. The molecule has 2 saturated carbocycles. The van der Waals surface area contributed by atoms with Crippen LogP contribution in [0.2, 0.25) is 0 Å². The molecule has 0 heterocycles. The molecule has 2 aliphatic carbocycles. The average molecular weight is 257 g/mol. The lowest BCUT2D eigenvalue weighted by Crippen LogP contribution is -2.61. The van der Waals surface area contributed by atoms with E-state index in [1.807, 2.05) is 11.8 Å². The van der Waals surface area contributed by atoms with E-state index in [-0.39, 0.29) is 11.5 Å². The maximum absolute atomic E-state index is 9.76. The van der Waals surface area contributed by atoms with E-state index in [2.05, 4.69) is 25.4 Å². The summed E-state index contributed by atoms with van der Waals surface area (Å²) in [5.41, 5.74) is 0.0638. The van der Waals surface area contributed by atoms with Crippen LogP contribution in [0.4, 0.5) is 0 Å². The highest BCUT2D eigenvalue weighted by Crippen LogP contribution is 2.42. The van der Waals surface area contributed by atoms with Crippen LogP contribution in [-0.2, 0) is 0 Å². The molecular formula is C14H27NOS. The maximum atomic E-state index is 9.76. The van der Waals surface area contributed by atoms with Crippen molar-refractivity contribution in [2.24, 2.45) is 5.41 Å². The molecule has 2 N–H and O–H groups in total. The number of thioether (sulfide) groups is 1. The predicted molar refractivity (Wildman–Crippen MR) is 75.5 cm³/mol. The number of hydrogen-bond donors (Lipinski definition) is 2. The van der Waals surface area contributed by atoms with Gasteiger partial charge in [0.1, 0.15) is 0 Å². The van der Waals surface area contributed by atoms with Crippen LogP contribution >= 0.6 is 11.8 Å². The number of rotatable bonds is 4. The van der Waals surface area contributed by atoms with Crippen molar-refractivity contribution in [3.05, 3.63) is 0 Å². The summed E-state index contributed by atoms with van der Waals surface area (Å²) < 4.78 is 0.467. The van der Waals surface area contributed by atoms with Gasteiger partial charge < -0.3 is 10.4 Å². The lowest BCUT2D eigenvalue weighted by Gasteiger charge is -2.51. The van der Waals surface area contributed by atoms with Crippen molar-refractivity contribution in [1.82, 2.24) is 5.32 Å². The largest absolute Gasteiger partial charge is 0.392 e.